The maximum atomic E-state index is 12.0. The molecule has 2 aliphatic rings. The second kappa shape index (κ2) is 7.84. The molecule has 0 bridgehead atoms. The monoisotopic (exact) mass is 303 g/mol. The molecule has 0 radical (unpaired) electrons. The van der Waals surface area contributed by atoms with Crippen LogP contribution in [0.15, 0.2) is 0 Å². The number of carbonyl (C=O) groups is 2. The molecule has 1 aliphatic heterocycles. The Labute approximate surface area is 127 Å². The maximum Gasteiger partial charge on any atom is 0.239 e. The van der Waals surface area contributed by atoms with Gasteiger partial charge in [-0.25, -0.2) is 0 Å². The maximum absolute atomic E-state index is 12.0. The highest BCUT2D eigenvalue weighted by Gasteiger charge is 2.38. The smallest absolute Gasteiger partial charge is 0.239 e. The summed E-state index contributed by atoms with van der Waals surface area (Å²) in [5.41, 5.74) is 0. The van der Waals surface area contributed by atoms with Gasteiger partial charge in [-0.3, -0.25) is 9.59 Å². The number of rotatable bonds is 4. The van der Waals surface area contributed by atoms with Crippen molar-refractivity contribution in [1.29, 1.82) is 0 Å². The Balaban J connectivity index is 0.00000200. The summed E-state index contributed by atoms with van der Waals surface area (Å²) >= 11 is 0. The molecule has 6 heteroatoms. The Kier molecular flexibility index (Phi) is 6.76. The van der Waals surface area contributed by atoms with E-state index in [1.54, 1.807) is 0 Å². The van der Waals surface area contributed by atoms with Crippen LogP contribution in [-0.4, -0.2) is 36.5 Å². The van der Waals surface area contributed by atoms with Crippen molar-refractivity contribution < 1.29 is 9.59 Å². The number of nitrogens with one attached hydrogen (secondary N) is 3. The van der Waals surface area contributed by atoms with Gasteiger partial charge in [0, 0.05) is 12.1 Å². The van der Waals surface area contributed by atoms with E-state index in [0.29, 0.717) is 12.0 Å². The van der Waals surface area contributed by atoms with E-state index in [9.17, 15) is 9.59 Å². The lowest BCUT2D eigenvalue weighted by molar-refractivity contribution is -0.127. The zero-order valence-electron chi connectivity index (χ0n) is 12.3. The predicted octanol–water partition coefficient (Wildman–Crippen LogP) is 0.970. The number of carbonyl (C=O) groups excluding carboxylic acids is 2. The van der Waals surface area contributed by atoms with Gasteiger partial charge < -0.3 is 16.0 Å². The van der Waals surface area contributed by atoms with Gasteiger partial charge in [-0.2, -0.15) is 0 Å². The first-order valence-electron chi connectivity index (χ1n) is 7.39. The fraction of sp³-hybridized carbons (Fsp3) is 0.857. The molecule has 0 aromatic rings. The summed E-state index contributed by atoms with van der Waals surface area (Å²) in [6.45, 7) is 3.89. The van der Waals surface area contributed by atoms with Crippen LogP contribution in [0.2, 0.25) is 0 Å². The standard InChI is InChI=1S/C14H25N3O2.ClH/c1-9(2)16-13(18)8-15-14(19)12-7-10-5-3-4-6-11(10)17-12;/h9-12,17H,3-8H2,1-2H3,(H,15,19)(H,16,18);1H. The first kappa shape index (κ1) is 17.2. The number of halogens is 1. The van der Waals surface area contributed by atoms with Gasteiger partial charge in [-0.15, -0.1) is 12.4 Å². The van der Waals surface area contributed by atoms with Crippen molar-refractivity contribution in [2.24, 2.45) is 5.92 Å². The third-order valence-electron chi connectivity index (χ3n) is 4.05. The van der Waals surface area contributed by atoms with Crippen molar-refractivity contribution in [1.82, 2.24) is 16.0 Å². The zero-order valence-corrected chi connectivity index (χ0v) is 13.1. The summed E-state index contributed by atoms with van der Waals surface area (Å²) < 4.78 is 0. The van der Waals surface area contributed by atoms with Crippen LogP contribution in [0.25, 0.3) is 0 Å². The molecule has 1 saturated heterocycles. The van der Waals surface area contributed by atoms with E-state index in [-0.39, 0.29) is 42.8 Å². The molecule has 2 rings (SSSR count). The second-order valence-electron chi connectivity index (χ2n) is 6.05. The van der Waals surface area contributed by atoms with E-state index in [1.807, 2.05) is 13.8 Å². The number of amides is 2. The topological polar surface area (TPSA) is 70.2 Å². The molecule has 3 unspecified atom stereocenters. The lowest BCUT2D eigenvalue weighted by atomic mass is 9.85. The molecule has 2 amide bonds. The molecule has 1 saturated carbocycles. The highest BCUT2D eigenvalue weighted by molar-refractivity contribution is 5.87. The van der Waals surface area contributed by atoms with Gasteiger partial charge in [0.2, 0.25) is 11.8 Å². The van der Waals surface area contributed by atoms with Gasteiger partial charge in [0.1, 0.15) is 0 Å². The van der Waals surface area contributed by atoms with E-state index < -0.39 is 0 Å². The molecular weight excluding hydrogens is 278 g/mol. The summed E-state index contributed by atoms with van der Waals surface area (Å²) in [6, 6.07) is 0.505. The first-order chi connectivity index (χ1) is 9.06. The van der Waals surface area contributed by atoms with Gasteiger partial charge in [0.05, 0.1) is 12.6 Å². The SMILES string of the molecule is CC(C)NC(=O)CNC(=O)C1CC2CCCCC2N1.Cl. The molecule has 20 heavy (non-hydrogen) atoms. The quantitative estimate of drug-likeness (QED) is 0.725. The van der Waals surface area contributed by atoms with Gasteiger partial charge in [0.15, 0.2) is 0 Å². The van der Waals surface area contributed by atoms with Crippen molar-refractivity contribution in [3.63, 3.8) is 0 Å². The number of fused-ring (bicyclic) bond motifs is 1. The highest BCUT2D eigenvalue weighted by atomic mass is 35.5. The molecule has 0 aromatic carbocycles. The van der Waals surface area contributed by atoms with Crippen molar-refractivity contribution in [3.05, 3.63) is 0 Å². The molecule has 3 atom stereocenters. The van der Waals surface area contributed by atoms with E-state index >= 15 is 0 Å². The summed E-state index contributed by atoms with van der Waals surface area (Å²) in [6.07, 6.45) is 5.88. The zero-order chi connectivity index (χ0) is 13.8. The minimum Gasteiger partial charge on any atom is -0.352 e. The van der Waals surface area contributed by atoms with Crippen molar-refractivity contribution in [2.75, 3.05) is 6.54 Å². The Morgan fingerprint density at radius 3 is 2.60 bits per heavy atom. The minimum absolute atomic E-state index is 0. The third-order valence-corrected chi connectivity index (χ3v) is 4.05. The fourth-order valence-corrected chi connectivity index (χ4v) is 3.18. The lowest BCUT2D eigenvalue weighted by Crippen LogP contribution is -2.47. The normalized spacial score (nSPS) is 28.4. The minimum atomic E-state index is -0.126. The van der Waals surface area contributed by atoms with Gasteiger partial charge in [-0.1, -0.05) is 12.8 Å². The third kappa shape index (κ3) is 4.63. The molecular formula is C14H26ClN3O2. The average Bonchev–Trinajstić information content (AvgIpc) is 2.78. The molecule has 3 N–H and O–H groups in total. The van der Waals surface area contributed by atoms with Crippen LogP contribution in [-0.2, 0) is 9.59 Å². The molecule has 2 fully saturated rings. The molecule has 5 nitrogen and oxygen atoms in total. The Hall–Kier alpha value is -0.810. The van der Waals surface area contributed by atoms with Crippen LogP contribution < -0.4 is 16.0 Å². The first-order valence-corrected chi connectivity index (χ1v) is 7.39. The average molecular weight is 304 g/mol. The Morgan fingerprint density at radius 2 is 1.95 bits per heavy atom. The van der Waals surface area contributed by atoms with E-state index in [4.69, 9.17) is 0 Å². The fourth-order valence-electron chi connectivity index (χ4n) is 3.18. The molecule has 116 valence electrons. The molecule has 0 aromatic heterocycles. The predicted molar refractivity (Wildman–Crippen MR) is 80.8 cm³/mol. The van der Waals surface area contributed by atoms with Crippen LogP contribution in [0.5, 0.6) is 0 Å². The molecule has 0 spiro atoms. The van der Waals surface area contributed by atoms with Crippen LogP contribution in [0, 0.1) is 5.92 Å². The van der Waals surface area contributed by atoms with Crippen molar-refractivity contribution in [3.8, 4) is 0 Å². The highest BCUT2D eigenvalue weighted by Crippen LogP contribution is 2.33. The summed E-state index contributed by atoms with van der Waals surface area (Å²) in [7, 11) is 0. The number of hydrogen-bond acceptors (Lipinski definition) is 3. The van der Waals surface area contributed by atoms with Gasteiger partial charge in [0.25, 0.3) is 0 Å². The Bertz CT molecular complexity index is 335. The van der Waals surface area contributed by atoms with E-state index in [2.05, 4.69) is 16.0 Å². The number of hydrogen-bond donors (Lipinski definition) is 3. The summed E-state index contributed by atoms with van der Waals surface area (Å²) in [4.78, 5) is 23.5. The van der Waals surface area contributed by atoms with E-state index in [0.717, 1.165) is 6.42 Å². The van der Waals surface area contributed by atoms with Crippen LogP contribution in [0.4, 0.5) is 0 Å². The summed E-state index contributed by atoms with van der Waals surface area (Å²) in [5, 5.41) is 8.90. The van der Waals surface area contributed by atoms with Gasteiger partial charge >= 0.3 is 0 Å². The van der Waals surface area contributed by atoms with Crippen molar-refractivity contribution >= 4 is 24.2 Å². The van der Waals surface area contributed by atoms with Crippen LogP contribution in [0.3, 0.4) is 0 Å². The summed E-state index contributed by atoms with van der Waals surface area (Å²) in [5.74, 6) is 0.487. The van der Waals surface area contributed by atoms with Crippen LogP contribution >= 0.6 is 12.4 Å². The second-order valence-corrected chi connectivity index (χ2v) is 6.05. The Morgan fingerprint density at radius 1 is 1.25 bits per heavy atom. The van der Waals surface area contributed by atoms with Crippen molar-refractivity contribution in [2.45, 2.75) is 64.1 Å². The van der Waals surface area contributed by atoms with E-state index in [1.165, 1.54) is 25.7 Å². The lowest BCUT2D eigenvalue weighted by Gasteiger charge is -2.24. The molecule has 1 heterocycles. The largest absolute Gasteiger partial charge is 0.352 e. The molecule has 1 aliphatic carbocycles. The van der Waals surface area contributed by atoms with Gasteiger partial charge in [-0.05, 0) is 39.0 Å². The van der Waals surface area contributed by atoms with Crippen LogP contribution in [0.1, 0.15) is 46.0 Å².